The predicted octanol–water partition coefficient (Wildman–Crippen LogP) is 3.90. The molecular formula is C21H27N3O2. The summed E-state index contributed by atoms with van der Waals surface area (Å²) >= 11 is 0. The Kier molecular flexibility index (Phi) is 5.25. The van der Waals surface area contributed by atoms with Gasteiger partial charge in [-0.3, -0.25) is 4.79 Å². The second-order valence-corrected chi connectivity index (χ2v) is 7.87. The van der Waals surface area contributed by atoms with Crippen molar-refractivity contribution < 1.29 is 9.53 Å². The summed E-state index contributed by atoms with van der Waals surface area (Å²) in [5, 5.41) is 0. The van der Waals surface area contributed by atoms with Crippen molar-refractivity contribution >= 4 is 5.91 Å². The first-order chi connectivity index (χ1) is 12.4. The van der Waals surface area contributed by atoms with Gasteiger partial charge in [0.1, 0.15) is 5.75 Å². The van der Waals surface area contributed by atoms with E-state index in [0.29, 0.717) is 5.82 Å². The van der Waals surface area contributed by atoms with Gasteiger partial charge < -0.3 is 9.64 Å². The van der Waals surface area contributed by atoms with Gasteiger partial charge in [-0.25, -0.2) is 9.97 Å². The van der Waals surface area contributed by atoms with Gasteiger partial charge in [0.2, 0.25) is 5.91 Å². The van der Waals surface area contributed by atoms with E-state index >= 15 is 0 Å². The topological polar surface area (TPSA) is 55.3 Å². The molecule has 1 aliphatic rings. The predicted molar refractivity (Wildman–Crippen MR) is 102 cm³/mol. The van der Waals surface area contributed by atoms with E-state index < -0.39 is 0 Å². The lowest BCUT2D eigenvalue weighted by molar-refractivity contribution is -0.140. The van der Waals surface area contributed by atoms with Gasteiger partial charge in [0.15, 0.2) is 5.82 Å². The van der Waals surface area contributed by atoms with Crippen LogP contribution in [0, 0.1) is 5.41 Å². The molecule has 0 N–H and O–H groups in total. The summed E-state index contributed by atoms with van der Waals surface area (Å²) in [5.41, 5.74) is 1.63. The van der Waals surface area contributed by atoms with E-state index in [-0.39, 0.29) is 17.2 Å². The maximum Gasteiger partial charge on any atom is 0.227 e. The maximum absolute atomic E-state index is 12.6. The van der Waals surface area contributed by atoms with E-state index in [1.807, 2.05) is 62.2 Å². The number of benzene rings is 1. The first kappa shape index (κ1) is 18.4. The van der Waals surface area contributed by atoms with Crippen LogP contribution in [0.1, 0.15) is 45.2 Å². The van der Waals surface area contributed by atoms with Crippen LogP contribution in [0.15, 0.2) is 36.5 Å². The molecule has 0 bridgehead atoms. The molecule has 2 aromatic rings. The maximum atomic E-state index is 12.6. The Morgan fingerprint density at radius 1 is 1.19 bits per heavy atom. The molecule has 0 unspecified atom stereocenters. The molecule has 138 valence electrons. The van der Waals surface area contributed by atoms with E-state index in [1.165, 1.54) is 0 Å². The number of likely N-dealkylation sites (tertiary alicyclic amines) is 1. The molecule has 1 fully saturated rings. The molecule has 0 saturated carbocycles. The number of amides is 1. The van der Waals surface area contributed by atoms with Gasteiger partial charge in [0.05, 0.1) is 7.11 Å². The average Bonchev–Trinajstić information content (AvgIpc) is 2.67. The number of aromatic nitrogens is 2. The summed E-state index contributed by atoms with van der Waals surface area (Å²) in [4.78, 5) is 23.8. The third-order valence-corrected chi connectivity index (χ3v) is 4.79. The molecule has 1 aliphatic heterocycles. The molecule has 1 aromatic heterocycles. The van der Waals surface area contributed by atoms with E-state index in [2.05, 4.69) is 4.98 Å². The Balaban J connectivity index is 1.80. The van der Waals surface area contributed by atoms with Crippen LogP contribution in [0.3, 0.4) is 0 Å². The van der Waals surface area contributed by atoms with Crippen molar-refractivity contribution in [1.29, 1.82) is 0 Å². The Bertz CT molecular complexity index is 766. The summed E-state index contributed by atoms with van der Waals surface area (Å²) in [6, 6.07) is 9.73. The van der Waals surface area contributed by atoms with Crippen LogP contribution in [0.25, 0.3) is 11.4 Å². The standard InChI is InChI=1S/C21H27N3O2/c1-21(2,3)20(25)24-13-5-6-16(14-24)18-11-12-22-19(23-18)15-7-9-17(26-4)10-8-15/h7-12,16H,5-6,13-14H2,1-4H3/t16-/m1/s1. The summed E-state index contributed by atoms with van der Waals surface area (Å²) in [6.07, 6.45) is 3.87. The Morgan fingerprint density at radius 3 is 2.58 bits per heavy atom. The quantitative estimate of drug-likeness (QED) is 0.840. The van der Waals surface area contributed by atoms with Crippen molar-refractivity contribution in [1.82, 2.24) is 14.9 Å². The Morgan fingerprint density at radius 2 is 1.92 bits per heavy atom. The first-order valence-electron chi connectivity index (χ1n) is 9.15. The number of carbonyl (C=O) groups excluding carboxylic acids is 1. The van der Waals surface area contributed by atoms with Crippen LogP contribution in [0.5, 0.6) is 5.75 Å². The largest absolute Gasteiger partial charge is 0.497 e. The van der Waals surface area contributed by atoms with Crippen LogP contribution in [0.4, 0.5) is 0 Å². The van der Waals surface area contributed by atoms with E-state index in [0.717, 1.165) is 42.9 Å². The summed E-state index contributed by atoms with van der Waals surface area (Å²) in [6.45, 7) is 7.50. The van der Waals surface area contributed by atoms with Crippen LogP contribution in [0.2, 0.25) is 0 Å². The highest BCUT2D eigenvalue weighted by Crippen LogP contribution is 2.29. The van der Waals surface area contributed by atoms with E-state index in [9.17, 15) is 4.79 Å². The number of ether oxygens (including phenoxy) is 1. The van der Waals surface area contributed by atoms with Crippen LogP contribution in [-0.4, -0.2) is 41.0 Å². The van der Waals surface area contributed by atoms with Crippen LogP contribution < -0.4 is 4.74 Å². The molecule has 5 nitrogen and oxygen atoms in total. The molecule has 2 heterocycles. The minimum atomic E-state index is -0.345. The molecule has 0 radical (unpaired) electrons. The lowest BCUT2D eigenvalue weighted by Crippen LogP contribution is -2.44. The summed E-state index contributed by atoms with van der Waals surface area (Å²) < 4.78 is 5.21. The third-order valence-electron chi connectivity index (χ3n) is 4.79. The number of hydrogen-bond acceptors (Lipinski definition) is 4. The Labute approximate surface area is 155 Å². The lowest BCUT2D eigenvalue weighted by atomic mass is 9.90. The van der Waals surface area contributed by atoms with Crippen molar-refractivity contribution in [3.05, 3.63) is 42.2 Å². The van der Waals surface area contributed by atoms with Gasteiger partial charge in [-0.2, -0.15) is 0 Å². The monoisotopic (exact) mass is 353 g/mol. The lowest BCUT2D eigenvalue weighted by Gasteiger charge is -2.36. The second kappa shape index (κ2) is 7.44. The summed E-state index contributed by atoms with van der Waals surface area (Å²) in [7, 11) is 1.65. The number of methoxy groups -OCH3 is 1. The summed E-state index contributed by atoms with van der Waals surface area (Å²) in [5.74, 6) is 2.00. The van der Waals surface area contributed by atoms with Gasteiger partial charge in [0.25, 0.3) is 0 Å². The zero-order chi connectivity index (χ0) is 18.7. The zero-order valence-corrected chi connectivity index (χ0v) is 16.0. The number of rotatable bonds is 3. The SMILES string of the molecule is COc1ccc(-c2nccc([C@@H]3CCCN(C(=O)C(C)(C)C)C3)n2)cc1. The second-order valence-electron chi connectivity index (χ2n) is 7.87. The van der Waals surface area contributed by atoms with Crippen LogP contribution in [-0.2, 0) is 4.79 Å². The molecule has 1 atom stereocenters. The van der Waals surface area contributed by atoms with E-state index in [1.54, 1.807) is 7.11 Å². The fourth-order valence-electron chi connectivity index (χ4n) is 3.36. The highest BCUT2D eigenvalue weighted by molar-refractivity contribution is 5.81. The van der Waals surface area contributed by atoms with E-state index in [4.69, 9.17) is 9.72 Å². The van der Waals surface area contributed by atoms with Crippen molar-refractivity contribution in [2.24, 2.45) is 5.41 Å². The third kappa shape index (κ3) is 4.03. The van der Waals surface area contributed by atoms with Gasteiger partial charge in [0, 0.05) is 41.9 Å². The van der Waals surface area contributed by atoms with Gasteiger partial charge in [-0.05, 0) is 43.2 Å². The van der Waals surface area contributed by atoms with Gasteiger partial charge in [-0.1, -0.05) is 20.8 Å². The van der Waals surface area contributed by atoms with Crippen molar-refractivity contribution in [3.8, 4) is 17.1 Å². The van der Waals surface area contributed by atoms with Gasteiger partial charge >= 0.3 is 0 Å². The minimum Gasteiger partial charge on any atom is -0.497 e. The molecule has 1 amide bonds. The minimum absolute atomic E-state index is 0.214. The van der Waals surface area contributed by atoms with Crippen LogP contribution >= 0.6 is 0 Å². The number of hydrogen-bond donors (Lipinski definition) is 0. The fourth-order valence-corrected chi connectivity index (χ4v) is 3.36. The average molecular weight is 353 g/mol. The highest BCUT2D eigenvalue weighted by atomic mass is 16.5. The molecule has 1 saturated heterocycles. The Hall–Kier alpha value is -2.43. The van der Waals surface area contributed by atoms with Crippen molar-refractivity contribution in [2.75, 3.05) is 20.2 Å². The van der Waals surface area contributed by atoms with Crippen molar-refractivity contribution in [2.45, 2.75) is 39.5 Å². The normalized spacial score (nSPS) is 17.8. The zero-order valence-electron chi connectivity index (χ0n) is 16.0. The smallest absolute Gasteiger partial charge is 0.227 e. The number of carbonyl (C=O) groups is 1. The molecule has 5 heteroatoms. The van der Waals surface area contributed by atoms with Crippen molar-refractivity contribution in [3.63, 3.8) is 0 Å². The number of nitrogens with zero attached hydrogens (tertiary/aromatic N) is 3. The molecule has 3 rings (SSSR count). The fraction of sp³-hybridized carbons (Fsp3) is 0.476. The first-order valence-corrected chi connectivity index (χ1v) is 9.15. The molecule has 26 heavy (non-hydrogen) atoms. The molecule has 0 spiro atoms. The van der Waals surface area contributed by atoms with Gasteiger partial charge in [-0.15, -0.1) is 0 Å². The number of piperidine rings is 1. The molecule has 1 aromatic carbocycles. The molecular weight excluding hydrogens is 326 g/mol. The highest BCUT2D eigenvalue weighted by Gasteiger charge is 2.32. The molecule has 0 aliphatic carbocycles.